The van der Waals surface area contributed by atoms with Gasteiger partial charge in [0.25, 0.3) is 0 Å². The maximum atomic E-state index is 5.35. The first-order valence-corrected chi connectivity index (χ1v) is 5.81. The van der Waals surface area contributed by atoms with Crippen LogP contribution in [0.4, 0.5) is 0 Å². The van der Waals surface area contributed by atoms with E-state index < -0.39 is 0 Å². The van der Waals surface area contributed by atoms with Crippen LogP contribution in [0.3, 0.4) is 0 Å². The van der Waals surface area contributed by atoms with Crippen LogP contribution in [-0.2, 0) is 4.74 Å². The van der Waals surface area contributed by atoms with Crippen molar-refractivity contribution in [2.24, 2.45) is 0 Å². The molecule has 0 radical (unpaired) electrons. The number of hydrogen-bond acceptors (Lipinski definition) is 2. The minimum atomic E-state index is 0.744. The van der Waals surface area contributed by atoms with E-state index in [4.69, 9.17) is 4.74 Å². The molecule has 1 N–H and O–H groups in total. The summed E-state index contributed by atoms with van der Waals surface area (Å²) in [5.41, 5.74) is 0. The summed E-state index contributed by atoms with van der Waals surface area (Å²) in [7, 11) is 0. The van der Waals surface area contributed by atoms with Gasteiger partial charge < -0.3 is 10.1 Å². The summed E-state index contributed by atoms with van der Waals surface area (Å²) < 4.78 is 5.35. The molecular weight excluding hydrogens is 174 g/mol. The van der Waals surface area contributed by atoms with Crippen molar-refractivity contribution >= 4 is 0 Å². The summed E-state index contributed by atoms with van der Waals surface area (Å²) in [6, 6.07) is 0. The molecule has 0 aromatic rings. The van der Waals surface area contributed by atoms with E-state index in [-0.39, 0.29) is 0 Å². The lowest BCUT2D eigenvalue weighted by molar-refractivity contribution is 0.164. The molecule has 0 saturated heterocycles. The Labute approximate surface area is 88.7 Å². The zero-order valence-corrected chi connectivity index (χ0v) is 9.72. The number of nitrogens with one attached hydrogen (secondary N) is 1. The van der Waals surface area contributed by atoms with Crippen molar-refractivity contribution in [1.29, 1.82) is 0 Å². The van der Waals surface area contributed by atoms with Crippen LogP contribution in [0.25, 0.3) is 0 Å². The average Bonchev–Trinajstić information content (AvgIpc) is 2.21. The topological polar surface area (TPSA) is 21.3 Å². The van der Waals surface area contributed by atoms with Crippen LogP contribution in [0.5, 0.6) is 0 Å². The maximum absolute atomic E-state index is 5.35. The Kier molecular flexibility index (Phi) is 12.4. The van der Waals surface area contributed by atoms with Crippen molar-refractivity contribution in [2.75, 3.05) is 26.3 Å². The van der Waals surface area contributed by atoms with Crippen molar-refractivity contribution in [1.82, 2.24) is 5.32 Å². The molecule has 0 aliphatic carbocycles. The van der Waals surface area contributed by atoms with Crippen LogP contribution in [0.1, 0.15) is 39.5 Å². The number of unbranched alkanes of at least 4 members (excludes halogenated alkanes) is 3. The molecule has 0 saturated carbocycles. The van der Waals surface area contributed by atoms with Crippen LogP contribution < -0.4 is 5.32 Å². The van der Waals surface area contributed by atoms with Crippen LogP contribution in [0.15, 0.2) is 12.2 Å². The van der Waals surface area contributed by atoms with Gasteiger partial charge in [-0.1, -0.05) is 38.3 Å². The quantitative estimate of drug-likeness (QED) is 0.431. The van der Waals surface area contributed by atoms with Gasteiger partial charge in [-0.2, -0.15) is 0 Å². The van der Waals surface area contributed by atoms with Gasteiger partial charge in [-0.05, 0) is 19.9 Å². The van der Waals surface area contributed by atoms with Crippen LogP contribution in [-0.4, -0.2) is 26.3 Å². The first kappa shape index (κ1) is 13.7. The summed E-state index contributed by atoms with van der Waals surface area (Å²) in [4.78, 5) is 0. The van der Waals surface area contributed by atoms with Gasteiger partial charge >= 0.3 is 0 Å². The molecule has 0 aromatic heterocycles. The van der Waals surface area contributed by atoms with Gasteiger partial charge in [0.05, 0.1) is 13.2 Å². The van der Waals surface area contributed by atoms with E-state index >= 15 is 0 Å². The molecule has 2 nitrogen and oxygen atoms in total. The van der Waals surface area contributed by atoms with Crippen molar-refractivity contribution in [3.05, 3.63) is 12.2 Å². The van der Waals surface area contributed by atoms with Gasteiger partial charge in [-0.3, -0.25) is 0 Å². The van der Waals surface area contributed by atoms with Crippen LogP contribution in [0, 0.1) is 0 Å². The van der Waals surface area contributed by atoms with Gasteiger partial charge in [0.1, 0.15) is 0 Å². The third-order valence-electron chi connectivity index (χ3n) is 2.08. The molecule has 0 amide bonds. The normalized spacial score (nSPS) is 11.3. The van der Waals surface area contributed by atoms with Gasteiger partial charge in [0.2, 0.25) is 0 Å². The summed E-state index contributed by atoms with van der Waals surface area (Å²) in [5.74, 6) is 0. The zero-order valence-electron chi connectivity index (χ0n) is 9.72. The molecule has 0 rings (SSSR count). The van der Waals surface area contributed by atoms with E-state index in [9.17, 15) is 0 Å². The van der Waals surface area contributed by atoms with E-state index in [1.165, 1.54) is 25.7 Å². The molecule has 0 aliphatic heterocycles. The monoisotopic (exact) mass is 199 g/mol. The zero-order chi connectivity index (χ0) is 10.5. The lowest BCUT2D eigenvalue weighted by atomic mass is 10.2. The van der Waals surface area contributed by atoms with Gasteiger partial charge in [-0.15, -0.1) is 0 Å². The second-order valence-electron chi connectivity index (χ2n) is 3.45. The van der Waals surface area contributed by atoms with Gasteiger partial charge in [0, 0.05) is 6.54 Å². The second-order valence-corrected chi connectivity index (χ2v) is 3.45. The Bertz CT molecular complexity index is 123. The lowest BCUT2D eigenvalue weighted by Gasteiger charge is -2.04. The lowest BCUT2D eigenvalue weighted by Crippen LogP contribution is -2.20. The fourth-order valence-corrected chi connectivity index (χ4v) is 1.19. The molecule has 84 valence electrons. The molecule has 0 bridgehead atoms. The van der Waals surface area contributed by atoms with Gasteiger partial charge in [-0.25, -0.2) is 0 Å². The molecule has 2 heteroatoms. The fraction of sp³-hybridized carbons (Fsp3) is 0.833. The van der Waals surface area contributed by atoms with Crippen LogP contribution >= 0.6 is 0 Å². The first-order valence-electron chi connectivity index (χ1n) is 5.81. The SMILES string of the molecule is CC=CCOCCNCCCCCC. The summed E-state index contributed by atoms with van der Waals surface area (Å²) in [5, 5.41) is 3.37. The van der Waals surface area contributed by atoms with Crippen LogP contribution in [0.2, 0.25) is 0 Å². The minimum Gasteiger partial charge on any atom is -0.376 e. The van der Waals surface area contributed by atoms with E-state index in [0.29, 0.717) is 0 Å². The number of rotatable bonds is 10. The number of allylic oxidation sites excluding steroid dienone is 1. The molecule has 0 aliphatic rings. The summed E-state index contributed by atoms with van der Waals surface area (Å²) in [6.07, 6.45) is 9.36. The average molecular weight is 199 g/mol. The number of ether oxygens (including phenoxy) is 1. The molecule has 0 heterocycles. The highest BCUT2D eigenvalue weighted by atomic mass is 16.5. The first-order chi connectivity index (χ1) is 6.91. The Hall–Kier alpha value is -0.340. The van der Waals surface area contributed by atoms with E-state index in [0.717, 1.165) is 26.3 Å². The fourth-order valence-electron chi connectivity index (χ4n) is 1.19. The molecule has 14 heavy (non-hydrogen) atoms. The highest BCUT2D eigenvalue weighted by molar-refractivity contribution is 4.75. The highest BCUT2D eigenvalue weighted by Gasteiger charge is 1.88. The predicted molar refractivity (Wildman–Crippen MR) is 62.6 cm³/mol. The second kappa shape index (κ2) is 12.7. The summed E-state index contributed by atoms with van der Waals surface area (Å²) in [6.45, 7) is 7.92. The van der Waals surface area contributed by atoms with E-state index in [1.807, 2.05) is 19.1 Å². The summed E-state index contributed by atoms with van der Waals surface area (Å²) >= 11 is 0. The van der Waals surface area contributed by atoms with E-state index in [1.54, 1.807) is 0 Å². The maximum Gasteiger partial charge on any atom is 0.0647 e. The number of hydrogen-bond donors (Lipinski definition) is 1. The third-order valence-corrected chi connectivity index (χ3v) is 2.08. The van der Waals surface area contributed by atoms with Crippen molar-refractivity contribution in [3.8, 4) is 0 Å². The standard InChI is InChI=1S/C12H25NO/c1-3-5-7-8-9-13-10-12-14-11-6-4-2/h4,6,13H,3,5,7-12H2,1-2H3. The Morgan fingerprint density at radius 3 is 2.71 bits per heavy atom. The smallest absolute Gasteiger partial charge is 0.0647 e. The minimum absolute atomic E-state index is 0.744. The largest absolute Gasteiger partial charge is 0.376 e. The van der Waals surface area contributed by atoms with Gasteiger partial charge in [0.15, 0.2) is 0 Å². The van der Waals surface area contributed by atoms with E-state index in [2.05, 4.69) is 12.2 Å². The molecule has 0 aromatic carbocycles. The Morgan fingerprint density at radius 1 is 1.14 bits per heavy atom. The molecule has 0 spiro atoms. The molecular formula is C12H25NO. The predicted octanol–water partition coefficient (Wildman–Crippen LogP) is 2.75. The molecule has 0 atom stereocenters. The van der Waals surface area contributed by atoms with Crippen molar-refractivity contribution in [3.63, 3.8) is 0 Å². The molecule has 0 unspecified atom stereocenters. The Balaban J connectivity index is 2.85. The third kappa shape index (κ3) is 11.7. The highest BCUT2D eigenvalue weighted by Crippen LogP contribution is 1.96. The van der Waals surface area contributed by atoms with Crippen molar-refractivity contribution in [2.45, 2.75) is 39.5 Å². The van der Waals surface area contributed by atoms with Crippen molar-refractivity contribution < 1.29 is 4.74 Å². The Morgan fingerprint density at radius 2 is 2.00 bits per heavy atom. The molecule has 0 fully saturated rings.